The zero-order valence-electron chi connectivity index (χ0n) is 13.3. The van der Waals surface area contributed by atoms with Gasteiger partial charge in [0.1, 0.15) is 4.90 Å². The van der Waals surface area contributed by atoms with Gasteiger partial charge in [-0.2, -0.15) is 8.42 Å². The number of aryl methyl sites for hydroxylation is 1. The first-order valence-electron chi connectivity index (χ1n) is 7.77. The molecule has 1 aromatic carbocycles. The number of rotatable bonds is 1. The first-order chi connectivity index (χ1) is 11.5. The number of nitrogens with zero attached hydrogens (tertiary/aromatic N) is 5. The Hall–Kier alpha value is -2.48. The minimum absolute atomic E-state index is 0.296. The highest BCUT2D eigenvalue weighted by Crippen LogP contribution is 2.28. The number of sulfonamides is 1. The van der Waals surface area contributed by atoms with Crippen molar-refractivity contribution in [3.05, 3.63) is 47.8 Å². The van der Waals surface area contributed by atoms with Crippen LogP contribution in [0.2, 0.25) is 0 Å². The van der Waals surface area contributed by atoms with Gasteiger partial charge in [-0.05, 0) is 24.6 Å². The molecule has 2 aliphatic rings. The van der Waals surface area contributed by atoms with E-state index >= 15 is 0 Å². The Kier molecular flexibility index (Phi) is 3.49. The highest BCUT2D eigenvalue weighted by atomic mass is 32.2. The average molecular weight is 343 g/mol. The molecule has 0 amide bonds. The molecule has 124 valence electrons. The lowest BCUT2D eigenvalue weighted by Crippen LogP contribution is -2.49. The van der Waals surface area contributed by atoms with Crippen LogP contribution in [0.4, 0.5) is 5.95 Å². The summed E-state index contributed by atoms with van der Waals surface area (Å²) in [7, 11) is -3.57. The number of anilines is 1. The third-order valence-corrected chi connectivity index (χ3v) is 5.57. The summed E-state index contributed by atoms with van der Waals surface area (Å²) in [5.74, 6) is 1.26. The molecule has 0 radical (unpaired) electrons. The fourth-order valence-corrected chi connectivity index (χ4v) is 4.21. The molecule has 0 spiro atoms. The maximum atomic E-state index is 12.2. The highest BCUT2D eigenvalue weighted by molar-refractivity contribution is 7.90. The second-order valence-corrected chi connectivity index (χ2v) is 7.49. The van der Waals surface area contributed by atoms with Crippen molar-refractivity contribution in [2.24, 2.45) is 4.40 Å². The summed E-state index contributed by atoms with van der Waals surface area (Å²) in [6.07, 6.45) is 3.61. The van der Waals surface area contributed by atoms with E-state index in [0.29, 0.717) is 35.3 Å². The molecule has 1 aromatic heterocycles. The van der Waals surface area contributed by atoms with E-state index < -0.39 is 10.0 Å². The van der Waals surface area contributed by atoms with Crippen molar-refractivity contribution in [2.45, 2.75) is 11.8 Å². The third-order valence-electron chi connectivity index (χ3n) is 4.24. The van der Waals surface area contributed by atoms with Crippen LogP contribution in [0.25, 0.3) is 0 Å². The van der Waals surface area contributed by atoms with Gasteiger partial charge in [0.05, 0.1) is 0 Å². The summed E-state index contributed by atoms with van der Waals surface area (Å²) in [4.78, 5) is 13.1. The molecular weight excluding hydrogens is 326 g/mol. The zero-order chi connectivity index (χ0) is 16.7. The van der Waals surface area contributed by atoms with Gasteiger partial charge in [0.2, 0.25) is 5.95 Å². The number of piperazine rings is 1. The van der Waals surface area contributed by atoms with Gasteiger partial charge in [-0.3, -0.25) is 0 Å². The minimum atomic E-state index is -3.57. The molecule has 1 fully saturated rings. The van der Waals surface area contributed by atoms with Crippen LogP contribution in [0.15, 0.2) is 46.0 Å². The second-order valence-electron chi connectivity index (χ2n) is 5.92. The van der Waals surface area contributed by atoms with Crippen molar-refractivity contribution in [3.8, 4) is 0 Å². The van der Waals surface area contributed by atoms with Gasteiger partial charge < -0.3 is 9.80 Å². The van der Waals surface area contributed by atoms with Crippen molar-refractivity contribution in [2.75, 3.05) is 31.1 Å². The lowest BCUT2D eigenvalue weighted by Gasteiger charge is -2.35. The molecule has 0 atom stereocenters. The maximum Gasteiger partial charge on any atom is 0.285 e. The number of aromatic nitrogens is 2. The lowest BCUT2D eigenvalue weighted by molar-refractivity contribution is 0.384. The molecule has 3 heterocycles. The smallest absolute Gasteiger partial charge is 0.285 e. The largest absolute Gasteiger partial charge is 0.352 e. The fraction of sp³-hybridized carbons (Fsp3) is 0.312. The zero-order valence-corrected chi connectivity index (χ0v) is 14.1. The van der Waals surface area contributed by atoms with Crippen LogP contribution in [0.3, 0.4) is 0 Å². The van der Waals surface area contributed by atoms with Crippen molar-refractivity contribution >= 4 is 21.8 Å². The van der Waals surface area contributed by atoms with E-state index in [9.17, 15) is 8.42 Å². The molecule has 0 unspecified atom stereocenters. The van der Waals surface area contributed by atoms with Gasteiger partial charge in [0, 0.05) is 44.1 Å². The second kappa shape index (κ2) is 5.55. The Labute approximate surface area is 140 Å². The fourth-order valence-electron chi connectivity index (χ4n) is 2.98. The predicted octanol–water partition coefficient (Wildman–Crippen LogP) is 1.06. The van der Waals surface area contributed by atoms with Gasteiger partial charge in [0.25, 0.3) is 10.0 Å². The predicted molar refractivity (Wildman–Crippen MR) is 90.7 cm³/mol. The Morgan fingerprint density at radius 1 is 0.958 bits per heavy atom. The lowest BCUT2D eigenvalue weighted by atomic mass is 10.1. The standard InChI is InChI=1S/C16H17N5O2S/c1-12-10-17-16(18-11-12)21-8-6-20(7-9-21)15-13-4-2-3-5-14(13)24(22,23)19-15/h2-5,10-11H,6-9H2,1H3. The Bertz CT molecular complexity index is 900. The van der Waals surface area contributed by atoms with Crippen molar-refractivity contribution in [1.29, 1.82) is 0 Å². The van der Waals surface area contributed by atoms with Crippen molar-refractivity contribution in [1.82, 2.24) is 14.9 Å². The first kappa shape index (κ1) is 15.1. The van der Waals surface area contributed by atoms with Gasteiger partial charge in [-0.1, -0.05) is 12.1 Å². The summed E-state index contributed by atoms with van der Waals surface area (Å²) in [6.45, 7) is 4.77. The molecule has 0 aliphatic carbocycles. The SMILES string of the molecule is Cc1cnc(N2CCN(C3=NS(=O)(=O)c4ccccc43)CC2)nc1. The van der Waals surface area contributed by atoms with Crippen molar-refractivity contribution in [3.63, 3.8) is 0 Å². The van der Waals surface area contributed by atoms with E-state index in [1.54, 1.807) is 24.5 Å². The Balaban J connectivity index is 1.54. The first-order valence-corrected chi connectivity index (χ1v) is 9.21. The Morgan fingerprint density at radius 3 is 2.29 bits per heavy atom. The summed E-state index contributed by atoms with van der Waals surface area (Å²) in [5.41, 5.74) is 1.72. The molecular formula is C16H17N5O2S. The van der Waals surface area contributed by atoms with E-state index in [4.69, 9.17) is 0 Å². The molecule has 2 aliphatic heterocycles. The van der Waals surface area contributed by atoms with E-state index in [1.165, 1.54) is 0 Å². The average Bonchev–Trinajstić information content (AvgIpc) is 2.88. The topological polar surface area (TPSA) is 78.8 Å². The van der Waals surface area contributed by atoms with E-state index in [2.05, 4.69) is 19.3 Å². The molecule has 0 bridgehead atoms. The number of amidine groups is 1. The highest BCUT2D eigenvalue weighted by Gasteiger charge is 2.33. The quantitative estimate of drug-likeness (QED) is 0.770. The van der Waals surface area contributed by atoms with E-state index in [0.717, 1.165) is 18.7 Å². The summed E-state index contributed by atoms with van der Waals surface area (Å²) in [5, 5.41) is 0. The molecule has 0 N–H and O–H groups in total. The van der Waals surface area contributed by atoms with Gasteiger partial charge in [-0.25, -0.2) is 9.97 Å². The van der Waals surface area contributed by atoms with Gasteiger partial charge in [-0.15, -0.1) is 4.40 Å². The number of fused-ring (bicyclic) bond motifs is 1. The van der Waals surface area contributed by atoms with Crippen LogP contribution in [-0.2, 0) is 10.0 Å². The van der Waals surface area contributed by atoms with Gasteiger partial charge in [0.15, 0.2) is 5.84 Å². The number of hydrogen-bond donors (Lipinski definition) is 0. The molecule has 7 nitrogen and oxygen atoms in total. The molecule has 24 heavy (non-hydrogen) atoms. The molecule has 8 heteroatoms. The van der Waals surface area contributed by atoms with Crippen LogP contribution >= 0.6 is 0 Å². The van der Waals surface area contributed by atoms with Crippen molar-refractivity contribution < 1.29 is 8.42 Å². The summed E-state index contributed by atoms with van der Waals surface area (Å²) in [6, 6.07) is 6.98. The van der Waals surface area contributed by atoms with E-state index in [1.807, 2.05) is 24.0 Å². The monoisotopic (exact) mass is 343 g/mol. The van der Waals surface area contributed by atoms with Crippen LogP contribution in [0.5, 0.6) is 0 Å². The third kappa shape index (κ3) is 2.52. The molecule has 1 saturated heterocycles. The number of benzene rings is 1. The summed E-state index contributed by atoms with van der Waals surface area (Å²) < 4.78 is 28.3. The number of hydrogen-bond acceptors (Lipinski definition) is 6. The molecule has 2 aromatic rings. The molecule has 0 saturated carbocycles. The van der Waals surface area contributed by atoms with Crippen LogP contribution in [-0.4, -0.2) is 55.3 Å². The van der Waals surface area contributed by atoms with Gasteiger partial charge >= 0.3 is 0 Å². The summed E-state index contributed by atoms with van der Waals surface area (Å²) >= 11 is 0. The van der Waals surface area contributed by atoms with E-state index in [-0.39, 0.29) is 0 Å². The normalized spacial score (nSPS) is 19.1. The molecule has 4 rings (SSSR count). The van der Waals surface area contributed by atoms with Crippen LogP contribution in [0.1, 0.15) is 11.1 Å². The Morgan fingerprint density at radius 2 is 1.58 bits per heavy atom. The van der Waals surface area contributed by atoms with Crippen LogP contribution in [0, 0.1) is 6.92 Å². The minimum Gasteiger partial charge on any atom is -0.352 e. The maximum absolute atomic E-state index is 12.2. The van der Waals surface area contributed by atoms with Crippen LogP contribution < -0.4 is 4.90 Å².